The second kappa shape index (κ2) is 7.33. The van der Waals surface area contributed by atoms with E-state index < -0.39 is 0 Å². The van der Waals surface area contributed by atoms with Crippen LogP contribution in [0.5, 0.6) is 0 Å². The van der Waals surface area contributed by atoms with Crippen molar-refractivity contribution in [3.63, 3.8) is 0 Å². The van der Waals surface area contributed by atoms with Crippen molar-refractivity contribution in [3.05, 3.63) is 28.2 Å². The van der Waals surface area contributed by atoms with Crippen LogP contribution in [0.15, 0.2) is 22.7 Å². The van der Waals surface area contributed by atoms with Gasteiger partial charge < -0.3 is 16.4 Å². The number of amides is 1. The lowest BCUT2D eigenvalue weighted by atomic mass is 10.1. The van der Waals surface area contributed by atoms with Crippen LogP contribution in [0, 0.1) is 0 Å². The average Bonchev–Trinajstić information content (AvgIpc) is 2.31. The van der Waals surface area contributed by atoms with Crippen LogP contribution >= 0.6 is 28.1 Å². The van der Waals surface area contributed by atoms with Crippen molar-refractivity contribution in [1.29, 1.82) is 0 Å². The topological polar surface area (TPSA) is 67.2 Å². The molecule has 18 heavy (non-hydrogen) atoms. The summed E-state index contributed by atoms with van der Waals surface area (Å²) in [6, 6.07) is 5.64. The normalized spacial score (nSPS) is 9.89. The summed E-state index contributed by atoms with van der Waals surface area (Å²) in [4.78, 5) is 11.6. The molecule has 0 saturated carbocycles. The van der Waals surface area contributed by atoms with E-state index in [1.54, 1.807) is 0 Å². The zero-order chi connectivity index (χ0) is 13.5. The fourth-order valence-electron chi connectivity index (χ4n) is 1.47. The largest absolute Gasteiger partial charge is 0.389 e. The van der Waals surface area contributed by atoms with Gasteiger partial charge in [0.1, 0.15) is 4.99 Å². The zero-order valence-corrected chi connectivity index (χ0v) is 12.5. The average molecular weight is 330 g/mol. The highest BCUT2D eigenvalue weighted by Gasteiger charge is 2.06. The van der Waals surface area contributed by atoms with Crippen molar-refractivity contribution >= 4 is 44.7 Å². The summed E-state index contributed by atoms with van der Waals surface area (Å²) >= 11 is 8.36. The van der Waals surface area contributed by atoms with E-state index >= 15 is 0 Å². The van der Waals surface area contributed by atoms with Crippen LogP contribution in [0.25, 0.3) is 0 Å². The SMILES string of the molecule is CCNC(=O)CCNc1ccc(Br)cc1C(N)=S. The zero-order valence-electron chi connectivity index (χ0n) is 10.1. The monoisotopic (exact) mass is 329 g/mol. The molecule has 0 unspecified atom stereocenters. The summed E-state index contributed by atoms with van der Waals surface area (Å²) < 4.78 is 0.916. The minimum absolute atomic E-state index is 0.0268. The first kappa shape index (κ1) is 14.9. The van der Waals surface area contributed by atoms with Crippen molar-refractivity contribution in [1.82, 2.24) is 5.32 Å². The van der Waals surface area contributed by atoms with E-state index in [1.807, 2.05) is 25.1 Å². The molecule has 1 aromatic carbocycles. The molecule has 0 aromatic heterocycles. The third kappa shape index (κ3) is 4.62. The van der Waals surface area contributed by atoms with Crippen LogP contribution in [0.3, 0.4) is 0 Å². The van der Waals surface area contributed by atoms with Gasteiger partial charge in [-0.05, 0) is 25.1 Å². The minimum atomic E-state index is 0.0268. The predicted molar refractivity (Wildman–Crippen MR) is 81.8 cm³/mol. The van der Waals surface area contributed by atoms with Crippen LogP contribution in [0.1, 0.15) is 18.9 Å². The Hall–Kier alpha value is -1.14. The highest BCUT2D eigenvalue weighted by Crippen LogP contribution is 2.20. The maximum Gasteiger partial charge on any atom is 0.221 e. The van der Waals surface area contributed by atoms with Crippen LogP contribution in [-0.4, -0.2) is 24.0 Å². The van der Waals surface area contributed by atoms with Gasteiger partial charge in [-0.25, -0.2) is 0 Å². The Morgan fingerprint density at radius 3 is 2.83 bits per heavy atom. The first-order chi connectivity index (χ1) is 8.54. The molecule has 0 aliphatic rings. The Kier molecular flexibility index (Phi) is 6.07. The summed E-state index contributed by atoms with van der Waals surface area (Å²) in [5.41, 5.74) is 7.27. The van der Waals surface area contributed by atoms with Gasteiger partial charge in [-0.3, -0.25) is 4.79 Å². The van der Waals surface area contributed by atoms with Gasteiger partial charge in [0.25, 0.3) is 0 Å². The van der Waals surface area contributed by atoms with Gasteiger partial charge in [0.15, 0.2) is 0 Å². The standard InChI is InChI=1S/C12H16BrN3OS/c1-2-15-11(17)5-6-16-10-4-3-8(13)7-9(10)12(14)18/h3-4,7,16H,2,5-6H2,1H3,(H2,14,18)(H,15,17). The first-order valence-electron chi connectivity index (χ1n) is 5.64. The van der Waals surface area contributed by atoms with Crippen LogP contribution < -0.4 is 16.4 Å². The Morgan fingerprint density at radius 1 is 1.50 bits per heavy atom. The first-order valence-corrected chi connectivity index (χ1v) is 6.84. The molecular weight excluding hydrogens is 314 g/mol. The maximum atomic E-state index is 11.3. The molecule has 4 N–H and O–H groups in total. The molecule has 1 rings (SSSR count). The molecule has 0 radical (unpaired) electrons. The fourth-order valence-corrected chi connectivity index (χ4v) is 2.00. The Labute approximate surface area is 120 Å². The molecule has 1 amide bonds. The predicted octanol–water partition coefficient (Wildman–Crippen LogP) is 2.02. The van der Waals surface area contributed by atoms with E-state index in [2.05, 4.69) is 26.6 Å². The molecule has 98 valence electrons. The summed E-state index contributed by atoms with van der Waals surface area (Å²) in [7, 11) is 0. The van der Waals surface area contributed by atoms with Crippen LogP contribution in [0.4, 0.5) is 5.69 Å². The van der Waals surface area contributed by atoms with Crippen molar-refractivity contribution in [2.45, 2.75) is 13.3 Å². The van der Waals surface area contributed by atoms with E-state index in [4.69, 9.17) is 18.0 Å². The third-order valence-electron chi connectivity index (χ3n) is 2.29. The molecule has 0 fully saturated rings. The Morgan fingerprint density at radius 2 is 2.22 bits per heavy atom. The highest BCUT2D eigenvalue weighted by molar-refractivity contribution is 9.10. The molecule has 0 saturated heterocycles. The number of thiocarbonyl (C=S) groups is 1. The molecule has 0 spiro atoms. The van der Waals surface area contributed by atoms with Crippen LogP contribution in [-0.2, 0) is 4.79 Å². The van der Waals surface area contributed by atoms with E-state index in [-0.39, 0.29) is 5.91 Å². The minimum Gasteiger partial charge on any atom is -0.389 e. The molecule has 0 atom stereocenters. The lowest BCUT2D eigenvalue weighted by Crippen LogP contribution is -2.25. The molecule has 1 aromatic rings. The molecule has 6 heteroatoms. The second-order valence-electron chi connectivity index (χ2n) is 3.68. The van der Waals surface area contributed by atoms with E-state index in [0.717, 1.165) is 15.7 Å². The van der Waals surface area contributed by atoms with Gasteiger partial charge in [0, 0.05) is 35.2 Å². The van der Waals surface area contributed by atoms with Crippen molar-refractivity contribution in [2.24, 2.45) is 5.73 Å². The number of halogens is 1. The highest BCUT2D eigenvalue weighted by atomic mass is 79.9. The van der Waals surface area contributed by atoms with Gasteiger partial charge >= 0.3 is 0 Å². The van der Waals surface area contributed by atoms with Gasteiger partial charge in [0.05, 0.1) is 0 Å². The fraction of sp³-hybridized carbons (Fsp3) is 0.333. The smallest absolute Gasteiger partial charge is 0.221 e. The third-order valence-corrected chi connectivity index (χ3v) is 3.00. The van der Waals surface area contributed by atoms with E-state index in [0.29, 0.717) is 24.5 Å². The van der Waals surface area contributed by atoms with Gasteiger partial charge in [-0.15, -0.1) is 0 Å². The number of carbonyl (C=O) groups is 1. The number of nitrogens with one attached hydrogen (secondary N) is 2. The molecule has 0 heterocycles. The number of anilines is 1. The van der Waals surface area contributed by atoms with Gasteiger partial charge in [-0.2, -0.15) is 0 Å². The lowest BCUT2D eigenvalue weighted by Gasteiger charge is -2.11. The molecule has 0 bridgehead atoms. The van der Waals surface area contributed by atoms with Crippen molar-refractivity contribution < 1.29 is 4.79 Å². The quantitative estimate of drug-likeness (QED) is 0.698. The number of hydrogen-bond donors (Lipinski definition) is 3. The second-order valence-corrected chi connectivity index (χ2v) is 5.04. The van der Waals surface area contributed by atoms with Gasteiger partial charge in [-0.1, -0.05) is 28.1 Å². The number of benzene rings is 1. The number of nitrogens with two attached hydrogens (primary N) is 1. The molecule has 0 aliphatic carbocycles. The number of rotatable bonds is 6. The summed E-state index contributed by atoms with van der Waals surface area (Å²) in [5.74, 6) is 0.0268. The number of carbonyl (C=O) groups excluding carboxylic acids is 1. The lowest BCUT2D eigenvalue weighted by molar-refractivity contribution is -0.120. The summed E-state index contributed by atoms with van der Waals surface area (Å²) in [6.07, 6.45) is 0.417. The molecular formula is C12H16BrN3OS. The van der Waals surface area contributed by atoms with E-state index in [9.17, 15) is 4.79 Å². The molecule has 4 nitrogen and oxygen atoms in total. The molecule has 0 aliphatic heterocycles. The van der Waals surface area contributed by atoms with Crippen molar-refractivity contribution in [3.8, 4) is 0 Å². The Bertz CT molecular complexity index is 451. The maximum absolute atomic E-state index is 11.3. The Balaban J connectivity index is 2.62. The van der Waals surface area contributed by atoms with E-state index in [1.165, 1.54) is 0 Å². The van der Waals surface area contributed by atoms with Crippen LogP contribution in [0.2, 0.25) is 0 Å². The number of hydrogen-bond acceptors (Lipinski definition) is 3. The summed E-state index contributed by atoms with van der Waals surface area (Å²) in [6.45, 7) is 3.09. The summed E-state index contributed by atoms with van der Waals surface area (Å²) in [5, 5.41) is 5.90. The van der Waals surface area contributed by atoms with Crippen molar-refractivity contribution in [2.75, 3.05) is 18.4 Å². The van der Waals surface area contributed by atoms with Gasteiger partial charge in [0.2, 0.25) is 5.91 Å².